The maximum absolute atomic E-state index is 9.95. The third kappa shape index (κ3) is 5.76. The molecule has 0 aromatic heterocycles. The van der Waals surface area contributed by atoms with Crippen LogP contribution in [0.5, 0.6) is 0 Å². The van der Waals surface area contributed by atoms with E-state index in [1.165, 1.54) is 0 Å². The summed E-state index contributed by atoms with van der Waals surface area (Å²) in [6.45, 7) is 3.93. The fourth-order valence-corrected chi connectivity index (χ4v) is 0.431. The van der Waals surface area contributed by atoms with Gasteiger partial charge in [0, 0.05) is 12.6 Å². The fraction of sp³-hybridized carbons (Fsp3) is 1.00. The fourth-order valence-electron chi connectivity index (χ4n) is 0.431. The summed E-state index contributed by atoms with van der Waals surface area (Å²) >= 11 is 0. The van der Waals surface area contributed by atoms with Crippen LogP contribution in [0.25, 0.3) is 0 Å². The van der Waals surface area contributed by atoms with Gasteiger partial charge in [0.05, 0.1) is 6.10 Å². The minimum absolute atomic E-state index is 0.339. The van der Waals surface area contributed by atoms with Crippen LogP contribution >= 0.6 is 0 Å². The van der Waals surface area contributed by atoms with Crippen molar-refractivity contribution in [3.8, 4) is 0 Å². The summed E-state index contributed by atoms with van der Waals surface area (Å²) in [6, 6.07) is 0.339. The molecule has 0 aromatic carbocycles. The highest BCUT2D eigenvalue weighted by Crippen LogP contribution is 1.80. The molecule has 0 amide bonds. The first-order valence-corrected chi connectivity index (χ1v) is 3.16. The molecular formula is C6H14NO2. The zero-order valence-corrected chi connectivity index (χ0v) is 5.92. The van der Waals surface area contributed by atoms with Crippen molar-refractivity contribution >= 4 is 0 Å². The molecule has 9 heavy (non-hydrogen) atoms. The standard InChI is InChI=1S/C6H14NO2/c1-5(2)7-3-6(9)4-8/h5-7,9H,3-4H2,1-2H3/t6-/m1/s1. The lowest BCUT2D eigenvalue weighted by Crippen LogP contribution is -2.33. The first-order valence-electron chi connectivity index (χ1n) is 3.16. The second-order valence-electron chi connectivity index (χ2n) is 2.38. The van der Waals surface area contributed by atoms with E-state index in [2.05, 4.69) is 5.32 Å². The van der Waals surface area contributed by atoms with Gasteiger partial charge in [0.2, 0.25) is 0 Å². The molecule has 3 heteroatoms. The molecule has 55 valence electrons. The second kappa shape index (κ2) is 4.73. The lowest BCUT2D eigenvalue weighted by molar-refractivity contribution is 0.0544. The molecule has 3 nitrogen and oxygen atoms in total. The van der Waals surface area contributed by atoms with E-state index in [0.717, 1.165) is 0 Å². The molecule has 1 atom stereocenters. The van der Waals surface area contributed by atoms with Gasteiger partial charge >= 0.3 is 0 Å². The molecule has 0 spiro atoms. The summed E-state index contributed by atoms with van der Waals surface area (Å²) in [5.74, 6) is 0. The topological polar surface area (TPSA) is 52.2 Å². The van der Waals surface area contributed by atoms with Crippen LogP contribution in [-0.2, 0) is 5.11 Å². The van der Waals surface area contributed by atoms with Crippen molar-refractivity contribution in [1.82, 2.24) is 5.32 Å². The van der Waals surface area contributed by atoms with Gasteiger partial charge in [-0.15, -0.1) is 0 Å². The quantitative estimate of drug-likeness (QED) is 0.555. The van der Waals surface area contributed by atoms with Gasteiger partial charge in [-0.05, 0) is 0 Å². The maximum Gasteiger partial charge on any atom is 0.109 e. The number of hydrogen-bond acceptors (Lipinski definition) is 2. The first-order chi connectivity index (χ1) is 4.16. The molecule has 0 aromatic rings. The van der Waals surface area contributed by atoms with E-state index >= 15 is 0 Å². The summed E-state index contributed by atoms with van der Waals surface area (Å²) in [7, 11) is 0. The normalized spacial score (nSPS) is 14.3. The molecule has 0 aliphatic heterocycles. The van der Waals surface area contributed by atoms with Crippen LogP contribution in [0.2, 0.25) is 0 Å². The van der Waals surface area contributed by atoms with E-state index < -0.39 is 12.7 Å². The number of rotatable bonds is 4. The van der Waals surface area contributed by atoms with Crippen LogP contribution in [-0.4, -0.2) is 30.4 Å². The van der Waals surface area contributed by atoms with Gasteiger partial charge in [-0.2, -0.15) is 0 Å². The number of aliphatic hydroxyl groups is 1. The maximum atomic E-state index is 9.95. The van der Waals surface area contributed by atoms with Crippen LogP contribution < -0.4 is 5.32 Å². The molecule has 0 aliphatic rings. The lowest BCUT2D eigenvalue weighted by Gasteiger charge is -2.09. The molecule has 0 bridgehead atoms. The van der Waals surface area contributed by atoms with Gasteiger partial charge < -0.3 is 10.4 Å². The van der Waals surface area contributed by atoms with Crippen molar-refractivity contribution in [2.75, 3.05) is 13.2 Å². The Morgan fingerprint density at radius 3 is 2.44 bits per heavy atom. The van der Waals surface area contributed by atoms with Crippen LogP contribution in [0.1, 0.15) is 13.8 Å². The molecular weight excluding hydrogens is 118 g/mol. The summed E-state index contributed by atoms with van der Waals surface area (Å²) in [5, 5.41) is 21.6. The van der Waals surface area contributed by atoms with E-state index in [0.29, 0.717) is 12.6 Å². The van der Waals surface area contributed by atoms with Crippen molar-refractivity contribution in [3.05, 3.63) is 0 Å². The minimum Gasteiger partial charge on any atom is -0.389 e. The molecule has 0 heterocycles. The van der Waals surface area contributed by atoms with Crippen LogP contribution in [0, 0.1) is 0 Å². The van der Waals surface area contributed by atoms with Gasteiger partial charge in [-0.1, -0.05) is 13.8 Å². The largest absolute Gasteiger partial charge is 0.389 e. The van der Waals surface area contributed by atoms with Crippen molar-refractivity contribution in [2.24, 2.45) is 0 Å². The second-order valence-corrected chi connectivity index (χ2v) is 2.38. The SMILES string of the molecule is CC(C)NC[C@@H](O)C[O]. The van der Waals surface area contributed by atoms with E-state index in [9.17, 15) is 5.11 Å². The van der Waals surface area contributed by atoms with E-state index in [1.807, 2.05) is 13.8 Å². The number of aliphatic hydroxyl groups excluding tert-OH is 1. The summed E-state index contributed by atoms with van der Waals surface area (Å²) < 4.78 is 0. The molecule has 0 saturated carbocycles. The Bertz CT molecular complexity index is 66.1. The van der Waals surface area contributed by atoms with E-state index in [4.69, 9.17) is 5.11 Å². The number of hydrogen-bond donors (Lipinski definition) is 2. The zero-order chi connectivity index (χ0) is 7.28. The third-order valence-corrected chi connectivity index (χ3v) is 0.954. The van der Waals surface area contributed by atoms with Crippen molar-refractivity contribution < 1.29 is 10.2 Å². The van der Waals surface area contributed by atoms with E-state index in [-0.39, 0.29) is 0 Å². The molecule has 0 fully saturated rings. The highest BCUT2D eigenvalue weighted by molar-refractivity contribution is 4.59. The first kappa shape index (κ1) is 8.88. The Balaban J connectivity index is 3.06. The van der Waals surface area contributed by atoms with E-state index in [1.54, 1.807) is 0 Å². The summed E-state index contributed by atoms with van der Waals surface area (Å²) in [4.78, 5) is 0. The predicted octanol–water partition coefficient (Wildman–Crippen LogP) is -0.224. The minimum atomic E-state index is -0.729. The Morgan fingerprint density at radius 1 is 1.56 bits per heavy atom. The van der Waals surface area contributed by atoms with Crippen LogP contribution in [0.15, 0.2) is 0 Å². The highest BCUT2D eigenvalue weighted by atomic mass is 16.3. The molecule has 0 unspecified atom stereocenters. The highest BCUT2D eigenvalue weighted by Gasteiger charge is 2.01. The predicted molar refractivity (Wildman–Crippen MR) is 34.7 cm³/mol. The third-order valence-electron chi connectivity index (χ3n) is 0.954. The van der Waals surface area contributed by atoms with Gasteiger partial charge in [0.15, 0.2) is 0 Å². The molecule has 2 N–H and O–H groups in total. The van der Waals surface area contributed by atoms with Crippen molar-refractivity contribution in [1.29, 1.82) is 0 Å². The molecule has 0 rings (SSSR count). The van der Waals surface area contributed by atoms with Crippen molar-refractivity contribution in [3.63, 3.8) is 0 Å². The van der Waals surface area contributed by atoms with Crippen LogP contribution in [0.3, 0.4) is 0 Å². The zero-order valence-electron chi connectivity index (χ0n) is 5.92. The Labute approximate surface area is 55.7 Å². The average Bonchev–Trinajstić information content (AvgIpc) is 1.83. The van der Waals surface area contributed by atoms with Gasteiger partial charge in [0.1, 0.15) is 6.61 Å². The monoisotopic (exact) mass is 132 g/mol. The van der Waals surface area contributed by atoms with Gasteiger partial charge in [-0.3, -0.25) is 0 Å². The van der Waals surface area contributed by atoms with Crippen molar-refractivity contribution in [2.45, 2.75) is 26.0 Å². The van der Waals surface area contributed by atoms with Crippen LogP contribution in [0.4, 0.5) is 0 Å². The summed E-state index contributed by atoms with van der Waals surface area (Å²) in [5.41, 5.74) is 0. The Kier molecular flexibility index (Phi) is 4.67. The Hall–Kier alpha value is -0.120. The molecule has 0 saturated heterocycles. The van der Waals surface area contributed by atoms with Gasteiger partial charge in [0.25, 0.3) is 0 Å². The molecule has 1 radical (unpaired) electrons. The lowest BCUT2D eigenvalue weighted by atomic mass is 10.3. The smallest absolute Gasteiger partial charge is 0.109 e. The van der Waals surface area contributed by atoms with Gasteiger partial charge in [-0.25, -0.2) is 5.11 Å². The summed E-state index contributed by atoms with van der Waals surface area (Å²) in [6.07, 6.45) is -0.729. The average molecular weight is 132 g/mol. The number of nitrogens with one attached hydrogen (secondary N) is 1. The Morgan fingerprint density at radius 2 is 2.11 bits per heavy atom. The molecule has 0 aliphatic carbocycles.